The summed E-state index contributed by atoms with van der Waals surface area (Å²) in [5.74, 6) is 0.690. The smallest absolute Gasteiger partial charge is 0.311 e. The monoisotopic (exact) mass is 341 g/mol. The van der Waals surface area contributed by atoms with Gasteiger partial charge in [-0.1, -0.05) is 45.7 Å². The number of rotatable bonds is 4. The molecule has 19 heavy (non-hydrogen) atoms. The summed E-state index contributed by atoms with van der Waals surface area (Å²) in [4.78, 5) is 10.4. The Morgan fingerprint density at radius 1 is 1.21 bits per heavy atom. The second-order valence-electron chi connectivity index (χ2n) is 3.71. The molecule has 2 aromatic rings. The number of nitro benzene ring substituents is 1. The molecular weight excluding hydrogens is 334 g/mol. The minimum atomic E-state index is -0.478. The van der Waals surface area contributed by atoms with E-state index in [0.717, 1.165) is 5.56 Å². The maximum Gasteiger partial charge on any atom is 0.311 e. The van der Waals surface area contributed by atoms with E-state index < -0.39 is 4.92 Å². The molecule has 98 valence electrons. The zero-order valence-electron chi connectivity index (χ0n) is 9.68. The molecule has 0 spiro atoms. The van der Waals surface area contributed by atoms with Gasteiger partial charge in [0.05, 0.1) is 4.92 Å². The van der Waals surface area contributed by atoms with Crippen LogP contribution in [0.2, 0.25) is 5.02 Å². The third-order valence-electron chi connectivity index (χ3n) is 2.46. The molecule has 6 heteroatoms. The first kappa shape index (κ1) is 13.8. The Morgan fingerprint density at radius 3 is 2.63 bits per heavy atom. The van der Waals surface area contributed by atoms with Gasteiger partial charge in [0.2, 0.25) is 5.75 Å². The van der Waals surface area contributed by atoms with Crippen LogP contribution < -0.4 is 4.74 Å². The van der Waals surface area contributed by atoms with Gasteiger partial charge in [-0.15, -0.1) is 0 Å². The topological polar surface area (TPSA) is 52.4 Å². The van der Waals surface area contributed by atoms with Crippen LogP contribution in [0.1, 0.15) is 5.56 Å². The summed E-state index contributed by atoms with van der Waals surface area (Å²) in [6.07, 6.45) is 0. The molecule has 0 saturated carbocycles. The number of hydrogen-bond acceptors (Lipinski definition) is 3. The molecule has 4 nitrogen and oxygen atoms in total. The first-order chi connectivity index (χ1) is 9.11. The van der Waals surface area contributed by atoms with E-state index in [1.54, 1.807) is 36.4 Å². The zero-order chi connectivity index (χ0) is 13.8. The molecule has 0 heterocycles. The lowest BCUT2D eigenvalue weighted by atomic mass is 10.2. The van der Waals surface area contributed by atoms with E-state index in [0.29, 0.717) is 16.1 Å². The predicted molar refractivity (Wildman–Crippen MR) is 77.3 cm³/mol. The highest BCUT2D eigenvalue weighted by atomic mass is 79.9. The molecule has 2 aromatic carbocycles. The molecule has 0 aromatic heterocycles. The highest BCUT2D eigenvalue weighted by Gasteiger charge is 2.15. The molecule has 2 rings (SSSR count). The van der Waals surface area contributed by atoms with Crippen molar-refractivity contribution in [3.63, 3.8) is 0 Å². The van der Waals surface area contributed by atoms with Crippen LogP contribution in [0.25, 0.3) is 0 Å². The summed E-state index contributed by atoms with van der Waals surface area (Å²) >= 11 is 9.25. The van der Waals surface area contributed by atoms with Gasteiger partial charge in [-0.25, -0.2) is 0 Å². The van der Waals surface area contributed by atoms with Crippen LogP contribution in [-0.2, 0) is 5.33 Å². The van der Waals surface area contributed by atoms with Crippen molar-refractivity contribution in [2.45, 2.75) is 5.33 Å². The number of para-hydroxylation sites is 2. The summed E-state index contributed by atoms with van der Waals surface area (Å²) in [7, 11) is 0. The largest absolute Gasteiger partial charge is 0.450 e. The molecule has 0 unspecified atom stereocenters. The van der Waals surface area contributed by atoms with Crippen LogP contribution in [0.15, 0.2) is 42.5 Å². The first-order valence-corrected chi connectivity index (χ1v) is 6.87. The van der Waals surface area contributed by atoms with Crippen LogP contribution >= 0.6 is 27.5 Å². The first-order valence-electron chi connectivity index (χ1n) is 5.37. The van der Waals surface area contributed by atoms with Gasteiger partial charge in [0.25, 0.3) is 0 Å². The molecule has 0 radical (unpaired) electrons. The minimum Gasteiger partial charge on any atom is -0.450 e. The van der Waals surface area contributed by atoms with E-state index in [9.17, 15) is 10.1 Å². The van der Waals surface area contributed by atoms with E-state index in [2.05, 4.69) is 15.9 Å². The van der Waals surface area contributed by atoms with Crippen molar-refractivity contribution >= 4 is 33.2 Å². The molecule has 0 N–H and O–H groups in total. The Balaban J connectivity index is 2.41. The van der Waals surface area contributed by atoms with E-state index >= 15 is 0 Å². The van der Waals surface area contributed by atoms with Crippen LogP contribution in [0.5, 0.6) is 11.5 Å². The lowest BCUT2D eigenvalue weighted by Crippen LogP contribution is -1.95. The molecule has 0 bridgehead atoms. The molecule has 0 amide bonds. The summed E-state index contributed by atoms with van der Waals surface area (Å²) in [6.45, 7) is 0. The highest BCUT2D eigenvalue weighted by Crippen LogP contribution is 2.34. The quantitative estimate of drug-likeness (QED) is 0.449. The van der Waals surface area contributed by atoms with Crippen LogP contribution in [0.4, 0.5) is 5.69 Å². The van der Waals surface area contributed by atoms with Crippen molar-refractivity contribution in [2.75, 3.05) is 0 Å². The van der Waals surface area contributed by atoms with Gasteiger partial charge < -0.3 is 4.74 Å². The highest BCUT2D eigenvalue weighted by molar-refractivity contribution is 9.08. The van der Waals surface area contributed by atoms with Crippen molar-refractivity contribution in [3.05, 3.63) is 63.2 Å². The number of halogens is 2. The Bertz CT molecular complexity index is 619. The minimum absolute atomic E-state index is 0.0806. The fraction of sp³-hybridized carbons (Fsp3) is 0.0769. The normalized spacial score (nSPS) is 10.2. The Labute approximate surface area is 123 Å². The number of ether oxygens (including phenoxy) is 1. The maximum absolute atomic E-state index is 10.9. The van der Waals surface area contributed by atoms with Gasteiger partial charge >= 0.3 is 5.69 Å². The van der Waals surface area contributed by atoms with E-state index in [1.807, 2.05) is 0 Å². The summed E-state index contributed by atoms with van der Waals surface area (Å²) < 4.78 is 5.62. The number of benzene rings is 2. The lowest BCUT2D eigenvalue weighted by molar-refractivity contribution is -0.385. The molecule has 0 aliphatic heterocycles. The van der Waals surface area contributed by atoms with Crippen LogP contribution in [0, 0.1) is 10.1 Å². The SMILES string of the molecule is O=[N+]([O-])c1ccccc1Oc1cc(Cl)ccc1CBr. The Morgan fingerprint density at radius 2 is 1.95 bits per heavy atom. The summed E-state index contributed by atoms with van der Waals surface area (Å²) in [6, 6.07) is 11.4. The third kappa shape index (κ3) is 3.24. The second kappa shape index (κ2) is 6.04. The number of nitrogens with zero attached hydrogens (tertiary/aromatic N) is 1. The molecule has 0 saturated heterocycles. The predicted octanol–water partition coefficient (Wildman–Crippen LogP) is 4.94. The second-order valence-corrected chi connectivity index (χ2v) is 4.71. The van der Waals surface area contributed by atoms with Gasteiger partial charge in [-0.05, 0) is 18.2 Å². The Hall–Kier alpha value is -1.59. The molecule has 0 atom stereocenters. The van der Waals surface area contributed by atoms with E-state index in [4.69, 9.17) is 16.3 Å². The summed E-state index contributed by atoms with van der Waals surface area (Å²) in [5, 5.41) is 12.0. The third-order valence-corrected chi connectivity index (χ3v) is 3.29. The zero-order valence-corrected chi connectivity index (χ0v) is 12.0. The van der Waals surface area contributed by atoms with E-state index in [1.165, 1.54) is 6.07 Å². The van der Waals surface area contributed by atoms with Crippen molar-refractivity contribution < 1.29 is 9.66 Å². The molecule has 0 aliphatic rings. The van der Waals surface area contributed by atoms with Crippen LogP contribution in [0.3, 0.4) is 0 Å². The van der Waals surface area contributed by atoms with Crippen molar-refractivity contribution in [1.82, 2.24) is 0 Å². The standard InChI is InChI=1S/C13H9BrClNO3/c14-8-9-5-6-10(15)7-13(9)19-12-4-2-1-3-11(12)16(17)18/h1-7H,8H2. The lowest BCUT2D eigenvalue weighted by Gasteiger charge is -2.10. The number of alkyl halides is 1. The van der Waals surface area contributed by atoms with E-state index in [-0.39, 0.29) is 11.4 Å². The van der Waals surface area contributed by atoms with Gasteiger partial charge in [0, 0.05) is 22.0 Å². The fourth-order valence-corrected chi connectivity index (χ4v) is 2.17. The van der Waals surface area contributed by atoms with Crippen molar-refractivity contribution in [2.24, 2.45) is 0 Å². The van der Waals surface area contributed by atoms with Crippen LogP contribution in [-0.4, -0.2) is 4.92 Å². The van der Waals surface area contributed by atoms with Gasteiger partial charge in [-0.2, -0.15) is 0 Å². The number of hydrogen-bond donors (Lipinski definition) is 0. The van der Waals surface area contributed by atoms with Gasteiger partial charge in [0.15, 0.2) is 0 Å². The maximum atomic E-state index is 10.9. The number of nitro groups is 1. The fourth-order valence-electron chi connectivity index (χ4n) is 1.55. The van der Waals surface area contributed by atoms with Crippen molar-refractivity contribution in [3.8, 4) is 11.5 Å². The average Bonchev–Trinajstić information content (AvgIpc) is 2.39. The average molecular weight is 343 g/mol. The Kier molecular flexibility index (Phi) is 4.39. The summed E-state index contributed by atoms with van der Waals surface area (Å²) in [5.41, 5.74) is 0.783. The molecule has 0 fully saturated rings. The van der Waals surface area contributed by atoms with Gasteiger partial charge in [0.1, 0.15) is 5.75 Å². The molecular formula is C13H9BrClNO3. The van der Waals surface area contributed by atoms with Crippen molar-refractivity contribution in [1.29, 1.82) is 0 Å². The van der Waals surface area contributed by atoms with Gasteiger partial charge in [-0.3, -0.25) is 10.1 Å². The molecule has 0 aliphatic carbocycles.